The quantitative estimate of drug-likeness (QED) is 0.618. The number of hydrogen-bond acceptors (Lipinski definition) is 2. The lowest BCUT2D eigenvalue weighted by Crippen LogP contribution is -2.40. The summed E-state index contributed by atoms with van der Waals surface area (Å²) in [6.45, 7) is 0. The predicted molar refractivity (Wildman–Crippen MR) is 53.4 cm³/mol. The van der Waals surface area contributed by atoms with Gasteiger partial charge in [0.05, 0.1) is 0 Å². The summed E-state index contributed by atoms with van der Waals surface area (Å²) in [5.41, 5.74) is 0. The van der Waals surface area contributed by atoms with Gasteiger partial charge in [-0.25, -0.2) is 0 Å². The lowest BCUT2D eigenvalue weighted by Gasteiger charge is -2.36. The van der Waals surface area contributed by atoms with Crippen LogP contribution in [0, 0.1) is 0 Å². The molecule has 0 aromatic rings. The maximum Gasteiger partial charge on any atom is 0.0104 e. The highest BCUT2D eigenvalue weighted by molar-refractivity contribution is 4.81. The Morgan fingerprint density at radius 3 is 1.58 bits per heavy atom. The molecule has 0 aromatic carbocycles. The molecule has 1 aliphatic carbocycles. The van der Waals surface area contributed by atoms with Gasteiger partial charge < -0.3 is 9.80 Å². The first-order valence-electron chi connectivity index (χ1n) is 4.94. The minimum absolute atomic E-state index is 0.811. The molecule has 12 heavy (non-hydrogen) atoms. The third-order valence-electron chi connectivity index (χ3n) is 3.08. The molecule has 1 rings (SSSR count). The van der Waals surface area contributed by atoms with Crippen molar-refractivity contribution in [2.45, 2.75) is 37.8 Å². The number of rotatable bonds is 2. The molecule has 0 amide bonds. The van der Waals surface area contributed by atoms with E-state index < -0.39 is 0 Å². The van der Waals surface area contributed by atoms with Crippen LogP contribution < -0.4 is 0 Å². The Morgan fingerprint density at radius 2 is 1.25 bits per heavy atom. The highest BCUT2D eigenvalue weighted by Crippen LogP contribution is 2.23. The number of hydrogen-bond donors (Lipinski definition) is 0. The van der Waals surface area contributed by atoms with Crippen LogP contribution in [0.25, 0.3) is 0 Å². The van der Waals surface area contributed by atoms with Crippen molar-refractivity contribution in [3.8, 4) is 0 Å². The second-order valence-corrected chi connectivity index (χ2v) is 4.40. The molecule has 1 aliphatic rings. The van der Waals surface area contributed by atoms with Crippen LogP contribution in [-0.4, -0.2) is 50.1 Å². The van der Waals surface area contributed by atoms with E-state index in [0.717, 1.165) is 12.1 Å². The Labute approximate surface area is 76.5 Å². The molecule has 0 aliphatic heterocycles. The van der Waals surface area contributed by atoms with Crippen molar-refractivity contribution in [2.75, 3.05) is 28.2 Å². The van der Waals surface area contributed by atoms with Crippen LogP contribution >= 0.6 is 0 Å². The molecule has 0 heterocycles. The average molecular weight is 170 g/mol. The maximum absolute atomic E-state index is 2.37. The van der Waals surface area contributed by atoms with E-state index in [9.17, 15) is 0 Å². The first-order valence-corrected chi connectivity index (χ1v) is 4.94. The van der Waals surface area contributed by atoms with Crippen molar-refractivity contribution < 1.29 is 0 Å². The zero-order chi connectivity index (χ0) is 9.14. The Balaban J connectivity index is 2.40. The largest absolute Gasteiger partial charge is 0.306 e. The van der Waals surface area contributed by atoms with Crippen LogP contribution in [0.1, 0.15) is 25.7 Å². The second-order valence-electron chi connectivity index (χ2n) is 4.40. The van der Waals surface area contributed by atoms with Crippen molar-refractivity contribution in [3.63, 3.8) is 0 Å². The summed E-state index contributed by atoms with van der Waals surface area (Å²) in [5.74, 6) is 0. The Kier molecular flexibility index (Phi) is 3.53. The SMILES string of the molecule is CN(C)C1CCCC(N(C)C)C1. The molecule has 0 saturated heterocycles. The van der Waals surface area contributed by atoms with Crippen molar-refractivity contribution >= 4 is 0 Å². The summed E-state index contributed by atoms with van der Waals surface area (Å²) < 4.78 is 0. The standard InChI is InChI=1S/C10H22N2/c1-11(2)9-6-5-7-10(8-9)12(3)4/h9-10H,5-8H2,1-4H3. The van der Waals surface area contributed by atoms with Gasteiger partial charge in [0, 0.05) is 12.1 Å². The monoisotopic (exact) mass is 170 g/mol. The third kappa shape index (κ3) is 2.46. The van der Waals surface area contributed by atoms with E-state index in [1.807, 2.05) is 0 Å². The zero-order valence-corrected chi connectivity index (χ0v) is 8.88. The van der Waals surface area contributed by atoms with Crippen LogP contribution in [-0.2, 0) is 0 Å². The molecular formula is C10H22N2. The van der Waals surface area contributed by atoms with Crippen LogP contribution in [0.5, 0.6) is 0 Å². The van der Waals surface area contributed by atoms with Crippen molar-refractivity contribution in [1.29, 1.82) is 0 Å². The minimum atomic E-state index is 0.811. The smallest absolute Gasteiger partial charge is 0.0104 e. The minimum Gasteiger partial charge on any atom is -0.306 e. The molecule has 2 unspecified atom stereocenters. The fraction of sp³-hybridized carbons (Fsp3) is 1.00. The fourth-order valence-corrected chi connectivity index (χ4v) is 2.08. The summed E-state index contributed by atoms with van der Waals surface area (Å²) in [7, 11) is 8.79. The summed E-state index contributed by atoms with van der Waals surface area (Å²) >= 11 is 0. The average Bonchev–Trinajstić information content (AvgIpc) is 2.04. The lowest BCUT2D eigenvalue weighted by molar-refractivity contribution is 0.145. The highest BCUT2D eigenvalue weighted by Gasteiger charge is 2.24. The molecule has 72 valence electrons. The first-order chi connectivity index (χ1) is 5.61. The Hall–Kier alpha value is -0.0800. The molecule has 0 bridgehead atoms. The molecule has 0 radical (unpaired) electrons. The van der Waals surface area contributed by atoms with E-state index in [2.05, 4.69) is 38.0 Å². The highest BCUT2D eigenvalue weighted by atomic mass is 15.1. The summed E-state index contributed by atoms with van der Waals surface area (Å²) in [4.78, 5) is 4.74. The summed E-state index contributed by atoms with van der Waals surface area (Å²) in [6.07, 6.45) is 5.51. The van der Waals surface area contributed by atoms with E-state index in [0.29, 0.717) is 0 Å². The Morgan fingerprint density at radius 1 is 0.833 bits per heavy atom. The van der Waals surface area contributed by atoms with Crippen molar-refractivity contribution in [2.24, 2.45) is 0 Å². The van der Waals surface area contributed by atoms with Gasteiger partial charge in [0.1, 0.15) is 0 Å². The van der Waals surface area contributed by atoms with Crippen LogP contribution in [0.15, 0.2) is 0 Å². The van der Waals surface area contributed by atoms with E-state index in [4.69, 9.17) is 0 Å². The van der Waals surface area contributed by atoms with E-state index in [1.165, 1.54) is 25.7 Å². The first kappa shape index (κ1) is 10.0. The normalized spacial score (nSPS) is 31.5. The van der Waals surface area contributed by atoms with Crippen LogP contribution in [0.3, 0.4) is 0 Å². The van der Waals surface area contributed by atoms with Gasteiger partial charge in [-0.1, -0.05) is 6.42 Å². The zero-order valence-electron chi connectivity index (χ0n) is 8.88. The molecule has 0 spiro atoms. The fourth-order valence-electron chi connectivity index (χ4n) is 2.08. The Bertz CT molecular complexity index is 118. The summed E-state index contributed by atoms with van der Waals surface area (Å²) in [6, 6.07) is 1.62. The van der Waals surface area contributed by atoms with Gasteiger partial charge in [-0.15, -0.1) is 0 Å². The van der Waals surface area contributed by atoms with Crippen molar-refractivity contribution in [1.82, 2.24) is 9.80 Å². The maximum atomic E-state index is 2.37. The number of nitrogens with zero attached hydrogens (tertiary/aromatic N) is 2. The second kappa shape index (κ2) is 4.24. The van der Waals surface area contributed by atoms with Gasteiger partial charge in [-0.2, -0.15) is 0 Å². The molecule has 2 nitrogen and oxygen atoms in total. The van der Waals surface area contributed by atoms with Crippen LogP contribution in [0.2, 0.25) is 0 Å². The lowest BCUT2D eigenvalue weighted by atomic mass is 9.90. The van der Waals surface area contributed by atoms with E-state index >= 15 is 0 Å². The van der Waals surface area contributed by atoms with E-state index in [-0.39, 0.29) is 0 Å². The molecule has 1 saturated carbocycles. The third-order valence-corrected chi connectivity index (χ3v) is 3.08. The van der Waals surface area contributed by atoms with Crippen molar-refractivity contribution in [3.05, 3.63) is 0 Å². The van der Waals surface area contributed by atoms with Gasteiger partial charge in [0.25, 0.3) is 0 Å². The van der Waals surface area contributed by atoms with Gasteiger partial charge in [0.2, 0.25) is 0 Å². The van der Waals surface area contributed by atoms with Gasteiger partial charge >= 0.3 is 0 Å². The predicted octanol–water partition coefficient (Wildman–Crippen LogP) is 1.42. The van der Waals surface area contributed by atoms with Crippen LogP contribution in [0.4, 0.5) is 0 Å². The molecular weight excluding hydrogens is 148 g/mol. The van der Waals surface area contributed by atoms with Gasteiger partial charge in [-0.05, 0) is 47.5 Å². The molecule has 2 atom stereocenters. The van der Waals surface area contributed by atoms with E-state index in [1.54, 1.807) is 0 Å². The topological polar surface area (TPSA) is 6.48 Å². The molecule has 0 N–H and O–H groups in total. The van der Waals surface area contributed by atoms with Gasteiger partial charge in [-0.3, -0.25) is 0 Å². The van der Waals surface area contributed by atoms with Gasteiger partial charge in [0.15, 0.2) is 0 Å². The molecule has 1 fully saturated rings. The molecule has 2 heteroatoms. The molecule has 0 aromatic heterocycles. The summed E-state index contributed by atoms with van der Waals surface area (Å²) in [5, 5.41) is 0.